The van der Waals surface area contributed by atoms with Crippen molar-refractivity contribution < 1.29 is 0 Å². The normalized spacial score (nSPS) is 13.2. The van der Waals surface area contributed by atoms with E-state index in [0.29, 0.717) is 0 Å². The lowest BCUT2D eigenvalue weighted by molar-refractivity contribution is 0.895. The number of aromatic nitrogens is 1. The summed E-state index contributed by atoms with van der Waals surface area (Å²) < 4.78 is 0. The minimum atomic E-state index is 0.874. The maximum Gasteiger partial charge on any atom is 0.0702 e. The number of benzene rings is 5. The lowest BCUT2D eigenvalue weighted by atomic mass is 9.85. The number of aryl methyl sites for hydroxylation is 1. The van der Waals surface area contributed by atoms with Crippen LogP contribution in [0.1, 0.15) is 18.1 Å². The molecule has 2 heterocycles. The number of pyridine rings is 1. The Morgan fingerprint density at radius 3 is 1.52 bits per heavy atom. The minimum absolute atomic E-state index is 0.874. The highest BCUT2D eigenvalue weighted by molar-refractivity contribution is 6.21. The number of nitrogens with one attached hydrogen (secondary N) is 1. The van der Waals surface area contributed by atoms with Gasteiger partial charge in [-0.15, -0.1) is 0 Å². The molecule has 0 saturated heterocycles. The van der Waals surface area contributed by atoms with Crippen molar-refractivity contribution in [3.63, 3.8) is 0 Å². The number of rotatable bonds is 4. The van der Waals surface area contributed by atoms with E-state index in [2.05, 4.69) is 145 Å². The zero-order chi connectivity index (χ0) is 27.1. The summed E-state index contributed by atoms with van der Waals surface area (Å²) in [5.74, 6) is 0. The van der Waals surface area contributed by atoms with Gasteiger partial charge in [0.2, 0.25) is 0 Å². The highest BCUT2D eigenvalue weighted by Gasteiger charge is 2.17. The average Bonchev–Trinajstić information content (AvgIpc) is 3.00. The molecule has 6 aromatic rings. The van der Waals surface area contributed by atoms with E-state index >= 15 is 0 Å². The van der Waals surface area contributed by atoms with Crippen molar-refractivity contribution in [2.24, 2.45) is 0 Å². The molecule has 1 N–H and O–H groups in total. The maximum atomic E-state index is 4.63. The van der Waals surface area contributed by atoms with E-state index in [9.17, 15) is 0 Å². The van der Waals surface area contributed by atoms with Gasteiger partial charge in [-0.3, -0.25) is 4.98 Å². The first kappa shape index (κ1) is 24.1. The second-order valence-corrected chi connectivity index (χ2v) is 10.6. The minimum Gasteiger partial charge on any atom is -0.385 e. The van der Waals surface area contributed by atoms with Crippen molar-refractivity contribution >= 4 is 27.1 Å². The van der Waals surface area contributed by atoms with Crippen LogP contribution in [0, 0.1) is 6.92 Å². The summed E-state index contributed by atoms with van der Waals surface area (Å²) in [7, 11) is 0. The predicted octanol–water partition coefficient (Wildman–Crippen LogP) is 9.59. The van der Waals surface area contributed by atoms with E-state index < -0.39 is 0 Å². The van der Waals surface area contributed by atoms with Gasteiger partial charge in [0.1, 0.15) is 0 Å². The van der Waals surface area contributed by atoms with Crippen LogP contribution in [0.3, 0.4) is 0 Å². The molecule has 192 valence electrons. The summed E-state index contributed by atoms with van der Waals surface area (Å²) in [6, 6.07) is 39.8. The molecule has 0 bridgehead atoms. The quantitative estimate of drug-likeness (QED) is 0.237. The molecule has 1 aromatic heterocycles. The molecule has 0 radical (unpaired) electrons. The third-order valence-corrected chi connectivity index (χ3v) is 7.89. The zero-order valence-corrected chi connectivity index (χ0v) is 22.8. The van der Waals surface area contributed by atoms with Gasteiger partial charge in [0.05, 0.1) is 5.69 Å². The maximum absolute atomic E-state index is 4.63. The molecule has 0 fully saturated rings. The fourth-order valence-corrected chi connectivity index (χ4v) is 5.89. The van der Waals surface area contributed by atoms with Crippen LogP contribution < -0.4 is 5.32 Å². The van der Waals surface area contributed by atoms with Crippen molar-refractivity contribution in [1.82, 2.24) is 10.3 Å². The van der Waals surface area contributed by atoms with Gasteiger partial charge < -0.3 is 5.32 Å². The molecule has 0 saturated carbocycles. The Balaban J connectivity index is 1.39. The first-order valence-corrected chi connectivity index (χ1v) is 13.9. The number of dihydropyridines is 1. The van der Waals surface area contributed by atoms with Crippen molar-refractivity contribution in [1.29, 1.82) is 0 Å². The Labute approximate surface area is 235 Å². The molecule has 0 atom stereocenters. The summed E-state index contributed by atoms with van der Waals surface area (Å²) in [6.45, 7) is 5.06. The second-order valence-electron chi connectivity index (χ2n) is 10.6. The summed E-state index contributed by atoms with van der Waals surface area (Å²) in [4.78, 5) is 4.63. The smallest absolute Gasteiger partial charge is 0.0702 e. The topological polar surface area (TPSA) is 24.9 Å². The van der Waals surface area contributed by atoms with Crippen molar-refractivity contribution in [3.8, 4) is 33.5 Å². The monoisotopic (exact) mass is 514 g/mol. The van der Waals surface area contributed by atoms with Gasteiger partial charge in [-0.2, -0.15) is 0 Å². The average molecular weight is 515 g/mol. The van der Waals surface area contributed by atoms with Crippen LogP contribution in [-0.4, -0.2) is 11.5 Å². The van der Waals surface area contributed by atoms with Crippen LogP contribution in [0.25, 0.3) is 60.6 Å². The Kier molecular flexibility index (Phi) is 6.02. The lowest BCUT2D eigenvalue weighted by Gasteiger charge is -2.18. The summed E-state index contributed by atoms with van der Waals surface area (Å²) in [5, 5.41) is 8.44. The van der Waals surface area contributed by atoms with E-state index in [4.69, 9.17) is 0 Å². The second kappa shape index (κ2) is 9.98. The molecule has 0 spiro atoms. The molecule has 0 aliphatic carbocycles. The number of hydrogen-bond donors (Lipinski definition) is 1. The molecule has 5 aromatic carbocycles. The molecule has 1 aliphatic heterocycles. The van der Waals surface area contributed by atoms with Crippen molar-refractivity contribution in [2.75, 3.05) is 6.54 Å². The Hall–Kier alpha value is -4.95. The van der Waals surface area contributed by atoms with Gasteiger partial charge in [-0.05, 0) is 86.5 Å². The standard InChI is InChI=1S/C38H30N2/c1-25-11-20-36(40-24-25)28-14-18-30(19-15-28)38-34-9-5-3-7-32(34)37(33-8-4-6-10-35(33)38)29-16-12-27(13-17-29)31-21-22-39-26(2)23-31/h3-21,23-24,39H,22H2,1-2H3. The van der Waals surface area contributed by atoms with E-state index in [1.165, 1.54) is 66.2 Å². The largest absolute Gasteiger partial charge is 0.385 e. The van der Waals surface area contributed by atoms with Crippen LogP contribution in [0.4, 0.5) is 0 Å². The van der Waals surface area contributed by atoms with Crippen LogP contribution in [0.15, 0.2) is 133 Å². The molecular weight excluding hydrogens is 484 g/mol. The highest BCUT2D eigenvalue weighted by Crippen LogP contribution is 2.44. The number of allylic oxidation sites excluding steroid dienone is 3. The van der Waals surface area contributed by atoms with Gasteiger partial charge in [0.25, 0.3) is 0 Å². The first-order valence-electron chi connectivity index (χ1n) is 13.9. The van der Waals surface area contributed by atoms with E-state index in [1.807, 2.05) is 6.20 Å². The fourth-order valence-electron chi connectivity index (χ4n) is 5.89. The van der Waals surface area contributed by atoms with Crippen LogP contribution in [0.2, 0.25) is 0 Å². The number of fused-ring (bicyclic) bond motifs is 2. The molecular formula is C38H30N2. The first-order chi connectivity index (χ1) is 19.7. The predicted molar refractivity (Wildman–Crippen MR) is 170 cm³/mol. The lowest BCUT2D eigenvalue weighted by Crippen LogP contribution is -2.14. The summed E-state index contributed by atoms with van der Waals surface area (Å²) >= 11 is 0. The number of hydrogen-bond acceptors (Lipinski definition) is 2. The molecule has 2 heteroatoms. The number of nitrogens with zero attached hydrogens (tertiary/aromatic N) is 1. The molecule has 1 aliphatic rings. The van der Waals surface area contributed by atoms with Crippen LogP contribution >= 0.6 is 0 Å². The van der Waals surface area contributed by atoms with Crippen molar-refractivity contribution in [3.05, 3.63) is 144 Å². The van der Waals surface area contributed by atoms with E-state index in [-0.39, 0.29) is 0 Å². The van der Waals surface area contributed by atoms with E-state index in [0.717, 1.165) is 17.8 Å². The molecule has 2 nitrogen and oxygen atoms in total. The summed E-state index contributed by atoms with van der Waals surface area (Å²) in [6.07, 6.45) is 6.40. The fraction of sp³-hybridized carbons (Fsp3) is 0.0789. The Morgan fingerprint density at radius 1 is 0.550 bits per heavy atom. The Morgan fingerprint density at radius 2 is 1.05 bits per heavy atom. The highest BCUT2D eigenvalue weighted by atomic mass is 14.9. The molecule has 7 rings (SSSR count). The van der Waals surface area contributed by atoms with Gasteiger partial charge >= 0.3 is 0 Å². The van der Waals surface area contributed by atoms with Crippen LogP contribution in [0.5, 0.6) is 0 Å². The van der Waals surface area contributed by atoms with Gasteiger partial charge in [-0.1, -0.05) is 109 Å². The Bertz CT molecular complexity index is 1870. The molecule has 0 unspecified atom stereocenters. The third kappa shape index (κ3) is 4.28. The molecule has 40 heavy (non-hydrogen) atoms. The van der Waals surface area contributed by atoms with Crippen LogP contribution in [-0.2, 0) is 0 Å². The van der Waals surface area contributed by atoms with Crippen molar-refractivity contribution in [2.45, 2.75) is 13.8 Å². The summed E-state index contributed by atoms with van der Waals surface area (Å²) in [5.41, 5.74) is 12.0. The molecule has 0 amide bonds. The third-order valence-electron chi connectivity index (χ3n) is 7.89. The zero-order valence-electron chi connectivity index (χ0n) is 22.8. The van der Waals surface area contributed by atoms with E-state index in [1.54, 1.807) is 0 Å². The van der Waals surface area contributed by atoms with Gasteiger partial charge in [-0.25, -0.2) is 0 Å². The van der Waals surface area contributed by atoms with Gasteiger partial charge in [0.15, 0.2) is 0 Å². The van der Waals surface area contributed by atoms with Gasteiger partial charge in [0, 0.05) is 24.0 Å². The SMILES string of the molecule is CC1=CC(c2ccc(-c3c4ccccc4c(-c4ccc(-c5ccc(C)cn5)cc4)c4ccccc34)cc2)=CCN1.